The fourth-order valence-electron chi connectivity index (χ4n) is 4.33. The lowest BCUT2D eigenvalue weighted by molar-refractivity contribution is 0.187. The Balaban J connectivity index is 1.59. The van der Waals surface area contributed by atoms with E-state index in [4.69, 9.17) is 0 Å². The molecule has 4 rings (SSSR count). The molecule has 0 aromatic heterocycles. The maximum Gasteiger partial charge on any atom is 0.0354 e. The summed E-state index contributed by atoms with van der Waals surface area (Å²) < 4.78 is 0. The second-order valence-corrected chi connectivity index (χ2v) is 6.68. The van der Waals surface area contributed by atoms with Crippen LogP contribution in [0, 0.1) is 6.92 Å². The van der Waals surface area contributed by atoms with Gasteiger partial charge in [-0.05, 0) is 50.2 Å². The molecule has 2 nitrogen and oxygen atoms in total. The van der Waals surface area contributed by atoms with Crippen molar-refractivity contribution >= 4 is 0 Å². The van der Waals surface area contributed by atoms with E-state index >= 15 is 0 Å². The molecule has 0 spiro atoms. The lowest BCUT2D eigenvalue weighted by atomic mass is 10.0. The molecule has 0 radical (unpaired) electrons. The number of aryl methyl sites for hydroxylation is 2. The van der Waals surface area contributed by atoms with E-state index < -0.39 is 0 Å². The summed E-state index contributed by atoms with van der Waals surface area (Å²) in [5.74, 6) is 0. The van der Waals surface area contributed by atoms with Gasteiger partial charge in [0.1, 0.15) is 0 Å². The third-order valence-electron chi connectivity index (χ3n) is 5.34. The van der Waals surface area contributed by atoms with Crippen molar-refractivity contribution in [1.82, 2.24) is 10.2 Å². The smallest absolute Gasteiger partial charge is 0.0354 e. The molecule has 102 valence electrons. The van der Waals surface area contributed by atoms with Gasteiger partial charge in [-0.1, -0.05) is 23.8 Å². The predicted octanol–water partition coefficient (Wildman–Crippen LogP) is 2.81. The average molecular weight is 256 g/mol. The van der Waals surface area contributed by atoms with Gasteiger partial charge in [0.05, 0.1) is 0 Å². The third kappa shape index (κ3) is 2.11. The quantitative estimate of drug-likeness (QED) is 0.831. The number of benzene rings is 1. The minimum atomic E-state index is 0.691. The molecule has 1 aromatic carbocycles. The van der Waals surface area contributed by atoms with Gasteiger partial charge in [0.15, 0.2) is 0 Å². The van der Waals surface area contributed by atoms with E-state index in [1.165, 1.54) is 50.8 Å². The van der Waals surface area contributed by atoms with Crippen molar-refractivity contribution in [2.45, 2.75) is 57.2 Å². The van der Waals surface area contributed by atoms with Gasteiger partial charge in [-0.3, -0.25) is 4.90 Å². The van der Waals surface area contributed by atoms with Gasteiger partial charge >= 0.3 is 0 Å². The number of fused-ring (bicyclic) bond motifs is 3. The Morgan fingerprint density at radius 2 is 2.00 bits per heavy atom. The first-order valence-corrected chi connectivity index (χ1v) is 7.89. The number of rotatable bonds is 1. The van der Waals surface area contributed by atoms with Crippen molar-refractivity contribution in [3.05, 3.63) is 34.9 Å². The molecule has 3 atom stereocenters. The molecule has 1 N–H and O–H groups in total. The molecule has 2 aliphatic heterocycles. The summed E-state index contributed by atoms with van der Waals surface area (Å²) in [7, 11) is 0. The molecule has 0 amide bonds. The molecular weight excluding hydrogens is 232 g/mol. The van der Waals surface area contributed by atoms with Gasteiger partial charge in [-0.25, -0.2) is 0 Å². The van der Waals surface area contributed by atoms with Crippen molar-refractivity contribution in [3.63, 3.8) is 0 Å². The minimum absolute atomic E-state index is 0.691. The van der Waals surface area contributed by atoms with Crippen LogP contribution < -0.4 is 5.32 Å². The predicted molar refractivity (Wildman–Crippen MR) is 78.4 cm³/mol. The van der Waals surface area contributed by atoms with Crippen LogP contribution in [0.25, 0.3) is 0 Å². The molecule has 2 bridgehead atoms. The van der Waals surface area contributed by atoms with Crippen LogP contribution in [-0.4, -0.2) is 30.1 Å². The zero-order valence-electron chi connectivity index (χ0n) is 11.9. The van der Waals surface area contributed by atoms with Crippen molar-refractivity contribution in [3.8, 4) is 0 Å². The van der Waals surface area contributed by atoms with Crippen LogP contribution in [0.4, 0.5) is 0 Å². The van der Waals surface area contributed by atoms with Crippen molar-refractivity contribution in [2.75, 3.05) is 13.1 Å². The van der Waals surface area contributed by atoms with E-state index in [9.17, 15) is 0 Å². The van der Waals surface area contributed by atoms with Gasteiger partial charge in [0.2, 0.25) is 0 Å². The number of hydrogen-bond donors (Lipinski definition) is 1. The second-order valence-electron chi connectivity index (χ2n) is 6.68. The molecule has 2 heteroatoms. The molecule has 1 aliphatic carbocycles. The van der Waals surface area contributed by atoms with Gasteiger partial charge in [-0.15, -0.1) is 0 Å². The van der Waals surface area contributed by atoms with Crippen molar-refractivity contribution in [2.24, 2.45) is 0 Å². The second kappa shape index (κ2) is 4.60. The largest absolute Gasteiger partial charge is 0.310 e. The average Bonchev–Trinajstić information content (AvgIpc) is 2.93. The summed E-state index contributed by atoms with van der Waals surface area (Å²) in [6.07, 6.45) is 6.73. The normalized spacial score (nSPS) is 34.3. The Morgan fingerprint density at radius 3 is 2.95 bits per heavy atom. The Morgan fingerprint density at radius 1 is 1.11 bits per heavy atom. The first-order chi connectivity index (χ1) is 9.29. The Hall–Kier alpha value is -0.860. The van der Waals surface area contributed by atoms with E-state index in [2.05, 4.69) is 35.3 Å². The fraction of sp³-hybridized carbons (Fsp3) is 0.647. The fourth-order valence-corrected chi connectivity index (χ4v) is 4.33. The first kappa shape index (κ1) is 11.9. The highest BCUT2D eigenvalue weighted by atomic mass is 15.2. The monoisotopic (exact) mass is 256 g/mol. The molecule has 1 aromatic rings. The Labute approximate surface area is 116 Å². The Bertz CT molecular complexity index is 482. The first-order valence-electron chi connectivity index (χ1n) is 7.89. The standard InChI is InChI=1S/C17H24N2/c1-12-2-3-13-4-7-17(16(13)10-12)19-9-8-14-5-6-15(11-19)18-14/h2-3,10,14-15,17-18H,4-9,11H2,1H3. The van der Waals surface area contributed by atoms with Crippen LogP contribution in [0.15, 0.2) is 18.2 Å². The van der Waals surface area contributed by atoms with Crippen molar-refractivity contribution < 1.29 is 0 Å². The van der Waals surface area contributed by atoms with Crippen LogP contribution in [-0.2, 0) is 6.42 Å². The summed E-state index contributed by atoms with van der Waals surface area (Å²) in [5.41, 5.74) is 4.64. The highest BCUT2D eigenvalue weighted by molar-refractivity contribution is 5.37. The van der Waals surface area contributed by atoms with Gasteiger partial charge in [0, 0.05) is 31.2 Å². The molecule has 2 fully saturated rings. The van der Waals surface area contributed by atoms with E-state index in [1.807, 2.05) is 0 Å². The molecule has 2 saturated heterocycles. The maximum atomic E-state index is 3.80. The zero-order valence-corrected chi connectivity index (χ0v) is 11.9. The molecule has 2 heterocycles. The maximum absolute atomic E-state index is 3.80. The van der Waals surface area contributed by atoms with Crippen LogP contribution in [0.2, 0.25) is 0 Å². The molecular formula is C17H24N2. The Kier molecular flexibility index (Phi) is 2.89. The SMILES string of the molecule is Cc1ccc2c(c1)C(N1CCC3CCC(C1)N3)CC2. The van der Waals surface area contributed by atoms with E-state index in [-0.39, 0.29) is 0 Å². The lowest BCUT2D eigenvalue weighted by Crippen LogP contribution is -2.37. The van der Waals surface area contributed by atoms with Gasteiger partial charge in [0.25, 0.3) is 0 Å². The van der Waals surface area contributed by atoms with Crippen LogP contribution in [0.5, 0.6) is 0 Å². The number of hydrogen-bond acceptors (Lipinski definition) is 2. The van der Waals surface area contributed by atoms with Gasteiger partial charge < -0.3 is 5.32 Å². The highest BCUT2D eigenvalue weighted by Crippen LogP contribution is 2.38. The number of likely N-dealkylation sites (tertiary alicyclic amines) is 1. The van der Waals surface area contributed by atoms with E-state index in [1.54, 1.807) is 11.1 Å². The summed E-state index contributed by atoms with van der Waals surface area (Å²) in [6.45, 7) is 4.77. The minimum Gasteiger partial charge on any atom is -0.310 e. The topological polar surface area (TPSA) is 15.3 Å². The molecule has 3 aliphatic rings. The lowest BCUT2D eigenvalue weighted by Gasteiger charge is -2.31. The van der Waals surface area contributed by atoms with E-state index in [0.29, 0.717) is 6.04 Å². The molecule has 3 unspecified atom stereocenters. The summed E-state index contributed by atoms with van der Waals surface area (Å²) in [4.78, 5) is 2.77. The molecule has 0 saturated carbocycles. The highest BCUT2D eigenvalue weighted by Gasteiger charge is 2.34. The number of nitrogens with zero attached hydrogens (tertiary/aromatic N) is 1. The number of nitrogens with one attached hydrogen (secondary N) is 1. The summed E-state index contributed by atoms with van der Waals surface area (Å²) >= 11 is 0. The summed E-state index contributed by atoms with van der Waals surface area (Å²) in [6, 6.07) is 9.30. The van der Waals surface area contributed by atoms with Crippen LogP contribution in [0.1, 0.15) is 48.4 Å². The third-order valence-corrected chi connectivity index (χ3v) is 5.34. The van der Waals surface area contributed by atoms with Crippen molar-refractivity contribution in [1.29, 1.82) is 0 Å². The zero-order chi connectivity index (χ0) is 12.8. The van der Waals surface area contributed by atoms with Crippen LogP contribution >= 0.6 is 0 Å². The summed E-state index contributed by atoms with van der Waals surface area (Å²) in [5, 5.41) is 3.80. The van der Waals surface area contributed by atoms with Gasteiger partial charge in [-0.2, -0.15) is 0 Å². The molecule has 19 heavy (non-hydrogen) atoms. The van der Waals surface area contributed by atoms with Crippen LogP contribution in [0.3, 0.4) is 0 Å². The van der Waals surface area contributed by atoms with E-state index in [0.717, 1.165) is 12.1 Å².